The first-order valence-corrected chi connectivity index (χ1v) is 6.20. The highest BCUT2D eigenvalue weighted by atomic mass is 15.3. The van der Waals surface area contributed by atoms with E-state index in [1.165, 1.54) is 11.1 Å². The van der Waals surface area contributed by atoms with E-state index in [0.717, 1.165) is 23.8 Å². The van der Waals surface area contributed by atoms with E-state index in [4.69, 9.17) is 0 Å². The predicted molar refractivity (Wildman–Crippen MR) is 74.0 cm³/mol. The summed E-state index contributed by atoms with van der Waals surface area (Å²) in [5.74, 6) is 1.61. The van der Waals surface area contributed by atoms with Crippen molar-refractivity contribution in [1.82, 2.24) is 19.6 Å². The summed E-state index contributed by atoms with van der Waals surface area (Å²) in [6.07, 6.45) is 3.61. The van der Waals surface area contributed by atoms with Crippen molar-refractivity contribution >= 4 is 11.5 Å². The standard InChI is InChI=1S/C14H15N5/c1-10-3-5-12(6-4-10)9-16-13-14-18-17-11(2)19(14)8-7-15-13/h3-8H,9H2,1-2H3,(H,15,16). The summed E-state index contributed by atoms with van der Waals surface area (Å²) in [6, 6.07) is 8.42. The summed E-state index contributed by atoms with van der Waals surface area (Å²) in [5, 5.41) is 11.5. The van der Waals surface area contributed by atoms with Gasteiger partial charge in [-0.05, 0) is 19.4 Å². The van der Waals surface area contributed by atoms with Gasteiger partial charge in [0.25, 0.3) is 0 Å². The molecule has 0 unspecified atom stereocenters. The minimum atomic E-state index is 0.721. The van der Waals surface area contributed by atoms with Gasteiger partial charge in [0, 0.05) is 18.9 Å². The van der Waals surface area contributed by atoms with Crippen LogP contribution in [-0.4, -0.2) is 19.6 Å². The lowest BCUT2D eigenvalue weighted by molar-refractivity contribution is 1.000. The topological polar surface area (TPSA) is 55.1 Å². The van der Waals surface area contributed by atoms with E-state index < -0.39 is 0 Å². The molecule has 0 spiro atoms. The minimum Gasteiger partial charge on any atom is -0.363 e. The molecule has 3 rings (SSSR count). The Morgan fingerprint density at radius 3 is 2.68 bits per heavy atom. The Kier molecular flexibility index (Phi) is 2.87. The smallest absolute Gasteiger partial charge is 0.203 e. The van der Waals surface area contributed by atoms with Gasteiger partial charge in [0.2, 0.25) is 5.65 Å². The fourth-order valence-electron chi connectivity index (χ4n) is 1.96. The Balaban J connectivity index is 1.83. The van der Waals surface area contributed by atoms with E-state index >= 15 is 0 Å². The van der Waals surface area contributed by atoms with E-state index in [9.17, 15) is 0 Å². The number of hydrogen-bond donors (Lipinski definition) is 1. The van der Waals surface area contributed by atoms with Gasteiger partial charge in [0.05, 0.1) is 0 Å². The van der Waals surface area contributed by atoms with Crippen molar-refractivity contribution in [2.45, 2.75) is 20.4 Å². The van der Waals surface area contributed by atoms with Crippen LogP contribution >= 0.6 is 0 Å². The fourth-order valence-corrected chi connectivity index (χ4v) is 1.96. The van der Waals surface area contributed by atoms with Gasteiger partial charge in [-0.2, -0.15) is 0 Å². The van der Waals surface area contributed by atoms with Crippen molar-refractivity contribution in [2.75, 3.05) is 5.32 Å². The van der Waals surface area contributed by atoms with Crippen molar-refractivity contribution in [1.29, 1.82) is 0 Å². The zero-order valence-corrected chi connectivity index (χ0v) is 11.0. The monoisotopic (exact) mass is 253 g/mol. The minimum absolute atomic E-state index is 0.721. The maximum absolute atomic E-state index is 4.32. The third-order valence-corrected chi connectivity index (χ3v) is 3.08. The van der Waals surface area contributed by atoms with Gasteiger partial charge in [-0.15, -0.1) is 10.2 Å². The van der Waals surface area contributed by atoms with E-state index in [0.29, 0.717) is 0 Å². The number of anilines is 1. The zero-order chi connectivity index (χ0) is 13.2. The number of aromatic nitrogens is 4. The molecule has 0 fully saturated rings. The van der Waals surface area contributed by atoms with Gasteiger partial charge in [-0.25, -0.2) is 4.98 Å². The predicted octanol–water partition coefficient (Wildman–Crippen LogP) is 2.35. The summed E-state index contributed by atoms with van der Waals surface area (Å²) in [7, 11) is 0. The lowest BCUT2D eigenvalue weighted by Crippen LogP contribution is -2.03. The molecular weight excluding hydrogens is 238 g/mol. The van der Waals surface area contributed by atoms with Gasteiger partial charge >= 0.3 is 0 Å². The van der Waals surface area contributed by atoms with Crippen LogP contribution in [0, 0.1) is 13.8 Å². The molecule has 19 heavy (non-hydrogen) atoms. The van der Waals surface area contributed by atoms with Crippen LogP contribution in [0.2, 0.25) is 0 Å². The molecule has 96 valence electrons. The Morgan fingerprint density at radius 1 is 1.11 bits per heavy atom. The molecule has 5 heteroatoms. The average molecular weight is 253 g/mol. The van der Waals surface area contributed by atoms with Crippen LogP contribution in [0.4, 0.5) is 5.82 Å². The van der Waals surface area contributed by atoms with Gasteiger partial charge in [0.15, 0.2) is 5.82 Å². The lowest BCUT2D eigenvalue weighted by Gasteiger charge is -2.06. The molecule has 0 radical (unpaired) electrons. The molecule has 0 saturated carbocycles. The summed E-state index contributed by atoms with van der Waals surface area (Å²) in [5.41, 5.74) is 3.23. The van der Waals surface area contributed by atoms with E-state index in [-0.39, 0.29) is 0 Å². The molecule has 5 nitrogen and oxygen atoms in total. The largest absolute Gasteiger partial charge is 0.363 e. The highest BCUT2D eigenvalue weighted by Gasteiger charge is 2.06. The number of aryl methyl sites for hydroxylation is 2. The van der Waals surface area contributed by atoms with Crippen molar-refractivity contribution in [3.05, 3.63) is 53.6 Å². The Hall–Kier alpha value is -2.43. The Morgan fingerprint density at radius 2 is 1.89 bits per heavy atom. The van der Waals surface area contributed by atoms with Crippen molar-refractivity contribution in [2.24, 2.45) is 0 Å². The maximum atomic E-state index is 4.32. The first-order chi connectivity index (χ1) is 9.24. The summed E-state index contributed by atoms with van der Waals surface area (Å²) in [6.45, 7) is 4.72. The molecule has 0 amide bonds. The highest BCUT2D eigenvalue weighted by molar-refractivity contribution is 5.62. The lowest BCUT2D eigenvalue weighted by atomic mass is 10.1. The van der Waals surface area contributed by atoms with Crippen LogP contribution in [0.1, 0.15) is 17.0 Å². The van der Waals surface area contributed by atoms with Crippen LogP contribution in [0.5, 0.6) is 0 Å². The summed E-state index contributed by atoms with van der Waals surface area (Å²) >= 11 is 0. The third-order valence-electron chi connectivity index (χ3n) is 3.08. The fraction of sp³-hybridized carbons (Fsp3) is 0.214. The van der Waals surface area contributed by atoms with Crippen LogP contribution in [0.25, 0.3) is 5.65 Å². The quantitative estimate of drug-likeness (QED) is 0.778. The third kappa shape index (κ3) is 2.27. The first-order valence-electron chi connectivity index (χ1n) is 6.20. The molecule has 1 N–H and O–H groups in total. The molecule has 0 atom stereocenters. The second-order valence-corrected chi connectivity index (χ2v) is 4.56. The van der Waals surface area contributed by atoms with Gasteiger partial charge in [0.1, 0.15) is 5.82 Å². The van der Waals surface area contributed by atoms with Crippen molar-refractivity contribution < 1.29 is 0 Å². The second kappa shape index (κ2) is 4.68. The van der Waals surface area contributed by atoms with Crippen LogP contribution in [-0.2, 0) is 6.54 Å². The van der Waals surface area contributed by atoms with Crippen molar-refractivity contribution in [3.63, 3.8) is 0 Å². The zero-order valence-electron chi connectivity index (χ0n) is 11.0. The molecule has 0 aliphatic rings. The molecule has 2 aromatic heterocycles. The maximum Gasteiger partial charge on any atom is 0.203 e. The number of nitrogens with zero attached hydrogens (tertiary/aromatic N) is 4. The van der Waals surface area contributed by atoms with E-state index in [2.05, 4.69) is 51.7 Å². The molecule has 2 heterocycles. The summed E-state index contributed by atoms with van der Waals surface area (Å²) < 4.78 is 1.92. The molecule has 0 saturated heterocycles. The first kappa shape index (κ1) is 11.6. The molecule has 3 aromatic rings. The van der Waals surface area contributed by atoms with Gasteiger partial charge < -0.3 is 5.32 Å². The Bertz CT molecular complexity index is 699. The normalized spacial score (nSPS) is 10.8. The second-order valence-electron chi connectivity index (χ2n) is 4.56. The van der Waals surface area contributed by atoms with Crippen molar-refractivity contribution in [3.8, 4) is 0 Å². The average Bonchev–Trinajstić information content (AvgIpc) is 2.81. The number of hydrogen-bond acceptors (Lipinski definition) is 4. The SMILES string of the molecule is Cc1ccc(CNc2nccn3c(C)nnc23)cc1. The van der Waals surface area contributed by atoms with Crippen LogP contribution in [0.15, 0.2) is 36.7 Å². The van der Waals surface area contributed by atoms with Gasteiger partial charge in [-0.3, -0.25) is 4.40 Å². The van der Waals surface area contributed by atoms with Crippen LogP contribution in [0.3, 0.4) is 0 Å². The molecular formula is C14H15N5. The molecule has 0 aliphatic carbocycles. The number of nitrogens with one attached hydrogen (secondary N) is 1. The number of fused-ring (bicyclic) bond motifs is 1. The highest BCUT2D eigenvalue weighted by Crippen LogP contribution is 2.13. The Labute approximate surface area is 111 Å². The van der Waals surface area contributed by atoms with E-state index in [1.54, 1.807) is 6.20 Å². The number of benzene rings is 1. The molecule has 0 aliphatic heterocycles. The molecule has 1 aromatic carbocycles. The van der Waals surface area contributed by atoms with Gasteiger partial charge in [-0.1, -0.05) is 29.8 Å². The number of rotatable bonds is 3. The summed E-state index contributed by atoms with van der Waals surface area (Å²) in [4.78, 5) is 4.32. The molecule has 0 bridgehead atoms. The van der Waals surface area contributed by atoms with E-state index in [1.807, 2.05) is 17.5 Å². The van der Waals surface area contributed by atoms with Crippen LogP contribution < -0.4 is 5.32 Å².